The molecule has 148 valence electrons. The Morgan fingerprint density at radius 1 is 1.30 bits per heavy atom. The average Bonchev–Trinajstić information content (AvgIpc) is 3.52. The van der Waals surface area contributed by atoms with E-state index in [2.05, 4.69) is 6.58 Å². The number of ether oxygens (including phenoxy) is 4. The molecule has 0 heterocycles. The quantitative estimate of drug-likeness (QED) is 0.435. The molecule has 1 aromatic carbocycles. The van der Waals surface area contributed by atoms with E-state index in [1.165, 1.54) is 0 Å². The van der Waals surface area contributed by atoms with Crippen LogP contribution < -0.4 is 9.47 Å². The smallest absolute Gasteiger partial charge is 0.335 e. The highest BCUT2D eigenvalue weighted by atomic mass is 16.6. The molecule has 0 N–H and O–H groups in total. The largest absolute Gasteiger partial charge is 0.497 e. The molecule has 1 saturated carbocycles. The Balaban J connectivity index is 2.00. The molecule has 0 bridgehead atoms. The van der Waals surface area contributed by atoms with E-state index in [0.29, 0.717) is 18.0 Å². The fraction of sp³-hybridized carbons (Fsp3) is 0.500. The van der Waals surface area contributed by atoms with Gasteiger partial charge in [0, 0.05) is 18.2 Å². The van der Waals surface area contributed by atoms with Gasteiger partial charge in [-0.1, -0.05) is 6.08 Å². The highest BCUT2D eigenvalue weighted by molar-refractivity contribution is 5.82. The number of benzene rings is 1. The van der Waals surface area contributed by atoms with Crippen molar-refractivity contribution in [3.63, 3.8) is 0 Å². The monoisotopic (exact) mass is 377 g/mol. The number of methoxy groups -OCH3 is 2. The predicted octanol–water partition coefficient (Wildman–Crippen LogP) is 2.33. The van der Waals surface area contributed by atoms with Gasteiger partial charge in [0.15, 0.2) is 12.7 Å². The number of carbonyl (C=O) groups is 2. The van der Waals surface area contributed by atoms with Crippen molar-refractivity contribution in [2.24, 2.45) is 0 Å². The zero-order chi connectivity index (χ0) is 19.8. The molecule has 27 heavy (non-hydrogen) atoms. The van der Waals surface area contributed by atoms with Crippen LogP contribution in [0, 0.1) is 0 Å². The summed E-state index contributed by atoms with van der Waals surface area (Å²) in [5.41, 5.74) is 0.839. The molecule has 1 atom stereocenters. The molecule has 1 aromatic rings. The third-order valence-corrected chi connectivity index (χ3v) is 4.27. The van der Waals surface area contributed by atoms with Crippen LogP contribution >= 0.6 is 0 Å². The number of hydrogen-bond acceptors (Lipinski definition) is 6. The Morgan fingerprint density at radius 2 is 2.04 bits per heavy atom. The number of rotatable bonds is 11. The van der Waals surface area contributed by atoms with Crippen LogP contribution in [0.4, 0.5) is 0 Å². The zero-order valence-corrected chi connectivity index (χ0v) is 16.1. The summed E-state index contributed by atoms with van der Waals surface area (Å²) in [4.78, 5) is 26.3. The highest BCUT2D eigenvalue weighted by Crippen LogP contribution is 2.32. The Hall–Kier alpha value is -2.54. The maximum absolute atomic E-state index is 12.6. The maximum Gasteiger partial charge on any atom is 0.335 e. The van der Waals surface area contributed by atoms with E-state index in [1.807, 2.05) is 12.1 Å². The van der Waals surface area contributed by atoms with Gasteiger partial charge in [-0.25, -0.2) is 4.79 Å². The lowest BCUT2D eigenvalue weighted by atomic mass is 10.1. The number of amides is 1. The van der Waals surface area contributed by atoms with E-state index in [-0.39, 0.29) is 25.2 Å². The minimum atomic E-state index is -0.747. The summed E-state index contributed by atoms with van der Waals surface area (Å²) in [7, 11) is 3.17. The topological polar surface area (TPSA) is 74.3 Å². The Kier molecular flexibility index (Phi) is 7.67. The highest BCUT2D eigenvalue weighted by Gasteiger charge is 2.33. The Labute approximate surface area is 159 Å². The number of esters is 1. The molecule has 7 heteroatoms. The average molecular weight is 377 g/mol. The van der Waals surface area contributed by atoms with Crippen molar-refractivity contribution in [1.29, 1.82) is 0 Å². The molecule has 1 unspecified atom stereocenters. The number of nitrogens with zero attached hydrogens (tertiary/aromatic N) is 1. The third-order valence-electron chi connectivity index (χ3n) is 4.27. The fourth-order valence-corrected chi connectivity index (χ4v) is 2.61. The number of hydrogen-bond donors (Lipinski definition) is 0. The van der Waals surface area contributed by atoms with Gasteiger partial charge in [0.1, 0.15) is 11.5 Å². The van der Waals surface area contributed by atoms with E-state index < -0.39 is 12.1 Å². The lowest BCUT2D eigenvalue weighted by Gasteiger charge is -2.24. The molecule has 0 radical (unpaired) electrons. The summed E-state index contributed by atoms with van der Waals surface area (Å²) in [6.45, 7) is 5.40. The standard InChI is InChI=1S/C20H27NO6/c1-5-10-26-14(2)20(23)27-13-19(22)21(16-6-7-16)12-15-11-17(24-3)8-9-18(15)25-4/h5,8-9,11,14,16H,1,6-7,10,12-13H2,2-4H3. The van der Waals surface area contributed by atoms with Crippen molar-refractivity contribution in [2.45, 2.75) is 38.5 Å². The van der Waals surface area contributed by atoms with Crippen LogP contribution in [0.5, 0.6) is 11.5 Å². The second-order valence-electron chi connectivity index (χ2n) is 6.30. The minimum absolute atomic E-state index is 0.154. The van der Waals surface area contributed by atoms with Gasteiger partial charge in [-0.05, 0) is 38.0 Å². The summed E-state index contributed by atoms with van der Waals surface area (Å²) in [5.74, 6) is 0.554. The van der Waals surface area contributed by atoms with Crippen molar-refractivity contribution in [1.82, 2.24) is 4.90 Å². The van der Waals surface area contributed by atoms with Gasteiger partial charge < -0.3 is 23.8 Å². The van der Waals surface area contributed by atoms with E-state index in [1.54, 1.807) is 38.2 Å². The van der Waals surface area contributed by atoms with Crippen LogP contribution in [0.25, 0.3) is 0 Å². The first-order valence-corrected chi connectivity index (χ1v) is 8.89. The molecule has 0 spiro atoms. The van der Waals surface area contributed by atoms with Crippen LogP contribution in [-0.2, 0) is 25.6 Å². The third kappa shape index (κ3) is 5.99. The molecule has 1 fully saturated rings. The molecule has 1 aliphatic carbocycles. The van der Waals surface area contributed by atoms with E-state index in [9.17, 15) is 9.59 Å². The SMILES string of the molecule is C=CCOC(C)C(=O)OCC(=O)N(Cc1cc(OC)ccc1OC)C1CC1. The maximum atomic E-state index is 12.6. The second kappa shape index (κ2) is 9.97. The summed E-state index contributed by atoms with van der Waals surface area (Å²) in [5, 5.41) is 0. The molecule has 0 aromatic heterocycles. The van der Waals surface area contributed by atoms with Gasteiger partial charge in [0.25, 0.3) is 5.91 Å². The van der Waals surface area contributed by atoms with Gasteiger partial charge in [-0.2, -0.15) is 0 Å². The zero-order valence-electron chi connectivity index (χ0n) is 16.1. The first-order chi connectivity index (χ1) is 13.0. The molecule has 7 nitrogen and oxygen atoms in total. The van der Waals surface area contributed by atoms with Crippen molar-refractivity contribution in [3.05, 3.63) is 36.4 Å². The molecule has 0 saturated heterocycles. The van der Waals surface area contributed by atoms with Crippen molar-refractivity contribution in [3.8, 4) is 11.5 Å². The summed E-state index contributed by atoms with van der Waals surface area (Å²) in [6.07, 6.45) is 2.67. The van der Waals surface area contributed by atoms with Crippen LogP contribution in [0.15, 0.2) is 30.9 Å². The summed E-state index contributed by atoms with van der Waals surface area (Å²) in [6, 6.07) is 5.61. The molecular formula is C20H27NO6. The summed E-state index contributed by atoms with van der Waals surface area (Å²) < 4.78 is 21.0. The van der Waals surface area contributed by atoms with Gasteiger partial charge in [-0.3, -0.25) is 4.79 Å². The Morgan fingerprint density at radius 3 is 2.63 bits per heavy atom. The molecule has 0 aliphatic heterocycles. The van der Waals surface area contributed by atoms with Gasteiger partial charge >= 0.3 is 5.97 Å². The Bertz CT molecular complexity index is 670. The molecular weight excluding hydrogens is 350 g/mol. The number of carbonyl (C=O) groups excluding carboxylic acids is 2. The minimum Gasteiger partial charge on any atom is -0.497 e. The molecule has 2 rings (SSSR count). The van der Waals surface area contributed by atoms with Crippen molar-refractivity contribution in [2.75, 3.05) is 27.4 Å². The van der Waals surface area contributed by atoms with E-state index in [0.717, 1.165) is 18.4 Å². The van der Waals surface area contributed by atoms with E-state index >= 15 is 0 Å². The fourth-order valence-electron chi connectivity index (χ4n) is 2.61. The molecule has 1 aliphatic rings. The lowest BCUT2D eigenvalue weighted by Crippen LogP contribution is -2.37. The van der Waals surface area contributed by atoms with Crippen LogP contribution in [0.1, 0.15) is 25.3 Å². The van der Waals surface area contributed by atoms with Gasteiger partial charge in [0.05, 0.1) is 20.8 Å². The van der Waals surface area contributed by atoms with Gasteiger partial charge in [-0.15, -0.1) is 6.58 Å². The van der Waals surface area contributed by atoms with E-state index in [4.69, 9.17) is 18.9 Å². The second-order valence-corrected chi connectivity index (χ2v) is 6.30. The first-order valence-electron chi connectivity index (χ1n) is 8.89. The van der Waals surface area contributed by atoms with Crippen molar-refractivity contribution >= 4 is 11.9 Å². The van der Waals surface area contributed by atoms with Crippen molar-refractivity contribution < 1.29 is 28.5 Å². The van der Waals surface area contributed by atoms with Crippen LogP contribution in [0.2, 0.25) is 0 Å². The normalized spacial score (nSPS) is 14.2. The predicted molar refractivity (Wildman–Crippen MR) is 99.7 cm³/mol. The first kappa shape index (κ1) is 20.8. The lowest BCUT2D eigenvalue weighted by molar-refractivity contribution is -0.161. The van der Waals surface area contributed by atoms with Crippen LogP contribution in [-0.4, -0.2) is 56.4 Å². The summed E-state index contributed by atoms with van der Waals surface area (Å²) >= 11 is 0. The van der Waals surface area contributed by atoms with Crippen LogP contribution in [0.3, 0.4) is 0 Å². The molecule has 1 amide bonds. The van der Waals surface area contributed by atoms with Gasteiger partial charge in [0.2, 0.25) is 0 Å².